The topological polar surface area (TPSA) is 60.5 Å². The first-order valence-corrected chi connectivity index (χ1v) is 10.3. The molecule has 154 valence electrons. The number of benzene rings is 1. The number of hydrogen-bond acceptors (Lipinski definition) is 4. The molecule has 0 saturated heterocycles. The Labute approximate surface area is 171 Å². The van der Waals surface area contributed by atoms with E-state index in [1.165, 1.54) is 18.6 Å². The molecule has 1 aromatic heterocycles. The van der Waals surface area contributed by atoms with Crippen LogP contribution in [-0.4, -0.2) is 34.8 Å². The quantitative estimate of drug-likeness (QED) is 0.625. The van der Waals surface area contributed by atoms with E-state index in [2.05, 4.69) is 6.07 Å². The van der Waals surface area contributed by atoms with Gasteiger partial charge in [0.25, 0.3) is 0 Å². The van der Waals surface area contributed by atoms with E-state index in [-0.39, 0.29) is 24.3 Å². The molecular weight excluding hydrogens is 369 g/mol. The number of halogens is 1. The number of furan rings is 1. The molecule has 1 saturated carbocycles. The van der Waals surface area contributed by atoms with Crippen LogP contribution < -0.4 is 0 Å². The zero-order chi connectivity index (χ0) is 20.5. The van der Waals surface area contributed by atoms with Crippen LogP contribution in [0.1, 0.15) is 49.8 Å². The highest BCUT2D eigenvalue weighted by atomic mass is 19.1. The van der Waals surface area contributed by atoms with Crippen LogP contribution in [0.2, 0.25) is 0 Å². The van der Waals surface area contributed by atoms with Crippen molar-refractivity contribution in [3.8, 4) is 6.07 Å². The maximum absolute atomic E-state index is 13.3. The normalized spacial score (nSPS) is 14.7. The maximum atomic E-state index is 13.3. The Morgan fingerprint density at radius 2 is 1.90 bits per heavy atom. The van der Waals surface area contributed by atoms with Crippen molar-refractivity contribution in [1.82, 2.24) is 9.80 Å². The van der Waals surface area contributed by atoms with Crippen LogP contribution in [0.3, 0.4) is 0 Å². The first-order chi connectivity index (χ1) is 14.2. The second kappa shape index (κ2) is 10.8. The van der Waals surface area contributed by atoms with Crippen LogP contribution in [0, 0.1) is 17.1 Å². The lowest BCUT2D eigenvalue weighted by Crippen LogP contribution is -2.46. The zero-order valence-electron chi connectivity index (χ0n) is 16.7. The molecule has 0 unspecified atom stereocenters. The highest BCUT2D eigenvalue weighted by Gasteiger charge is 2.27. The molecule has 0 aliphatic heterocycles. The molecule has 0 radical (unpaired) electrons. The Morgan fingerprint density at radius 3 is 2.55 bits per heavy atom. The molecule has 6 heteroatoms. The minimum atomic E-state index is -0.273. The molecular formula is C23H28FN3O2. The molecule has 3 rings (SSSR count). The summed E-state index contributed by atoms with van der Waals surface area (Å²) in [4.78, 5) is 17.2. The summed E-state index contributed by atoms with van der Waals surface area (Å²) in [6, 6.07) is 12.4. The van der Waals surface area contributed by atoms with Crippen molar-refractivity contribution in [2.75, 3.05) is 13.1 Å². The first kappa shape index (κ1) is 21.1. The van der Waals surface area contributed by atoms with Gasteiger partial charge in [0.05, 0.1) is 25.4 Å². The van der Waals surface area contributed by atoms with E-state index in [0.29, 0.717) is 26.1 Å². The number of nitrogens with zero attached hydrogens (tertiary/aromatic N) is 3. The van der Waals surface area contributed by atoms with Crippen LogP contribution in [0.4, 0.5) is 4.39 Å². The van der Waals surface area contributed by atoms with Crippen molar-refractivity contribution in [3.05, 3.63) is 59.8 Å². The molecule has 0 spiro atoms. The lowest BCUT2D eigenvalue weighted by molar-refractivity contribution is -0.136. The molecule has 1 aliphatic carbocycles. The smallest absolute Gasteiger partial charge is 0.237 e. The molecule has 0 bridgehead atoms. The van der Waals surface area contributed by atoms with E-state index in [4.69, 9.17) is 9.68 Å². The standard InChI is InChI=1S/C23H28FN3O2/c24-20-11-9-19(10-12-20)16-27(21-6-2-1-3-7-21)23(28)18-26(14-5-13-25)17-22-8-4-15-29-22/h4,8-12,15,21H,1-3,5-7,14,16-18H2. The van der Waals surface area contributed by atoms with Crippen molar-refractivity contribution < 1.29 is 13.6 Å². The van der Waals surface area contributed by atoms with Crippen molar-refractivity contribution in [2.45, 2.75) is 57.7 Å². The van der Waals surface area contributed by atoms with E-state index >= 15 is 0 Å². The van der Waals surface area contributed by atoms with Crippen LogP contribution in [0.5, 0.6) is 0 Å². The van der Waals surface area contributed by atoms with Gasteiger partial charge in [-0.1, -0.05) is 31.4 Å². The summed E-state index contributed by atoms with van der Waals surface area (Å²) >= 11 is 0. The van der Waals surface area contributed by atoms with Crippen molar-refractivity contribution >= 4 is 5.91 Å². The molecule has 0 atom stereocenters. The summed E-state index contributed by atoms with van der Waals surface area (Å²) in [5.41, 5.74) is 0.930. The van der Waals surface area contributed by atoms with Crippen molar-refractivity contribution in [2.24, 2.45) is 0 Å². The summed E-state index contributed by atoms with van der Waals surface area (Å²) in [6.07, 6.45) is 7.44. The summed E-state index contributed by atoms with van der Waals surface area (Å²) in [5.74, 6) is 0.551. The first-order valence-electron chi connectivity index (χ1n) is 10.3. The van der Waals surface area contributed by atoms with Crippen LogP contribution in [0.15, 0.2) is 47.1 Å². The Hall–Kier alpha value is -2.65. The van der Waals surface area contributed by atoms with Gasteiger partial charge in [-0.05, 0) is 42.7 Å². The summed E-state index contributed by atoms with van der Waals surface area (Å²) in [5, 5.41) is 8.98. The largest absolute Gasteiger partial charge is 0.468 e. The monoisotopic (exact) mass is 397 g/mol. The predicted octanol–water partition coefficient (Wildman–Crippen LogP) is 4.50. The van der Waals surface area contributed by atoms with E-state index in [1.807, 2.05) is 21.9 Å². The molecule has 5 nitrogen and oxygen atoms in total. The average Bonchev–Trinajstić information content (AvgIpc) is 3.25. The number of rotatable bonds is 9. The van der Waals surface area contributed by atoms with Gasteiger partial charge in [0.1, 0.15) is 11.6 Å². The number of hydrogen-bond donors (Lipinski definition) is 0. The van der Waals surface area contributed by atoms with E-state index in [0.717, 1.165) is 37.0 Å². The Bertz CT molecular complexity index is 793. The molecule has 1 amide bonds. The highest BCUT2D eigenvalue weighted by molar-refractivity contribution is 5.78. The minimum Gasteiger partial charge on any atom is -0.468 e. The summed E-state index contributed by atoms with van der Waals surface area (Å²) in [7, 11) is 0. The van der Waals surface area contributed by atoms with Crippen molar-refractivity contribution in [1.29, 1.82) is 5.26 Å². The fourth-order valence-corrected chi connectivity index (χ4v) is 3.93. The SMILES string of the molecule is N#CCCN(CC(=O)N(Cc1ccc(F)cc1)C1CCCCC1)Cc1ccco1. The van der Waals surface area contributed by atoms with Crippen molar-refractivity contribution in [3.63, 3.8) is 0 Å². The molecule has 29 heavy (non-hydrogen) atoms. The van der Waals surface area contributed by atoms with E-state index < -0.39 is 0 Å². The van der Waals surface area contributed by atoms with Crippen LogP contribution in [0.25, 0.3) is 0 Å². The summed E-state index contributed by atoms with van der Waals surface area (Å²) in [6.45, 7) is 1.73. The predicted molar refractivity (Wildman–Crippen MR) is 108 cm³/mol. The molecule has 1 fully saturated rings. The van der Waals surface area contributed by atoms with Gasteiger partial charge in [-0.15, -0.1) is 0 Å². The Morgan fingerprint density at radius 1 is 1.14 bits per heavy atom. The van der Waals surface area contributed by atoms with Gasteiger partial charge in [-0.3, -0.25) is 9.69 Å². The third kappa shape index (κ3) is 6.43. The fourth-order valence-electron chi connectivity index (χ4n) is 3.93. The van der Waals surface area contributed by atoms with Gasteiger partial charge in [0.2, 0.25) is 5.91 Å². The summed E-state index contributed by atoms with van der Waals surface area (Å²) < 4.78 is 18.7. The zero-order valence-corrected chi connectivity index (χ0v) is 16.7. The fraction of sp³-hybridized carbons (Fsp3) is 0.478. The van der Waals surface area contributed by atoms with E-state index in [9.17, 15) is 9.18 Å². The molecule has 1 aromatic carbocycles. The minimum absolute atomic E-state index is 0.0470. The molecule has 1 heterocycles. The second-order valence-electron chi connectivity index (χ2n) is 7.64. The molecule has 2 aromatic rings. The number of amides is 1. The maximum Gasteiger partial charge on any atom is 0.237 e. The van der Waals surface area contributed by atoms with Gasteiger partial charge < -0.3 is 9.32 Å². The third-order valence-corrected chi connectivity index (χ3v) is 5.46. The van der Waals surface area contributed by atoms with Crippen LogP contribution in [-0.2, 0) is 17.9 Å². The van der Waals surface area contributed by atoms with Gasteiger partial charge >= 0.3 is 0 Å². The molecule has 0 N–H and O–H groups in total. The van der Waals surface area contributed by atoms with Gasteiger partial charge in [-0.2, -0.15) is 5.26 Å². The highest BCUT2D eigenvalue weighted by Crippen LogP contribution is 2.25. The van der Waals surface area contributed by atoms with E-state index in [1.54, 1.807) is 18.4 Å². The second-order valence-corrected chi connectivity index (χ2v) is 7.64. The number of carbonyl (C=O) groups excluding carboxylic acids is 1. The average molecular weight is 397 g/mol. The lowest BCUT2D eigenvalue weighted by Gasteiger charge is -2.36. The lowest BCUT2D eigenvalue weighted by atomic mass is 9.93. The Kier molecular flexibility index (Phi) is 7.83. The Balaban J connectivity index is 1.72. The molecule has 1 aliphatic rings. The number of nitriles is 1. The van der Waals surface area contributed by atoms with Gasteiger partial charge in [0.15, 0.2) is 0 Å². The van der Waals surface area contributed by atoms with Gasteiger partial charge in [0, 0.05) is 25.6 Å². The van der Waals surface area contributed by atoms with Gasteiger partial charge in [-0.25, -0.2) is 4.39 Å². The van der Waals surface area contributed by atoms with Crippen LogP contribution >= 0.6 is 0 Å². The number of carbonyl (C=O) groups is 1. The third-order valence-electron chi connectivity index (χ3n) is 5.46.